The first-order chi connectivity index (χ1) is 15.5. The van der Waals surface area contributed by atoms with Gasteiger partial charge in [0.15, 0.2) is 0 Å². The Kier molecular flexibility index (Phi) is 6.55. The van der Waals surface area contributed by atoms with E-state index >= 15 is 0 Å². The van der Waals surface area contributed by atoms with Gasteiger partial charge in [0.25, 0.3) is 11.6 Å². The van der Waals surface area contributed by atoms with Crippen LogP contribution in [0, 0.1) is 28.4 Å². The fourth-order valence-electron chi connectivity index (χ4n) is 2.89. The number of anilines is 1. The number of carbonyl (C=O) groups is 1. The summed E-state index contributed by atoms with van der Waals surface area (Å²) in [6, 6.07) is 11.8. The first kappa shape index (κ1) is 23.6. The molecule has 2 aromatic carbocycles. The molecule has 0 atom stereocenters. The molecule has 33 heavy (non-hydrogen) atoms. The standard InChI is InChI=1S/C22H13ClF3N3O4/c1-12-2-5-16(19(8-12)29(31)32)20-7-4-15(33-20)9-13(11-27)21(30)28-14-3-6-18(23)17(10-14)22(24,25)26/h2-10H,1H3,(H,28,30)/b13-9+. The third-order valence-electron chi connectivity index (χ3n) is 4.42. The maximum atomic E-state index is 13.0. The van der Waals surface area contributed by atoms with E-state index < -0.39 is 33.2 Å². The maximum absolute atomic E-state index is 13.0. The Labute approximate surface area is 189 Å². The summed E-state index contributed by atoms with van der Waals surface area (Å²) in [6.45, 7) is 1.70. The lowest BCUT2D eigenvalue weighted by Crippen LogP contribution is -2.14. The van der Waals surface area contributed by atoms with Crippen molar-refractivity contribution in [1.82, 2.24) is 0 Å². The molecule has 0 radical (unpaired) electrons. The van der Waals surface area contributed by atoms with Gasteiger partial charge in [0.2, 0.25) is 0 Å². The Morgan fingerprint density at radius 2 is 1.94 bits per heavy atom. The van der Waals surface area contributed by atoms with Crippen molar-refractivity contribution in [2.24, 2.45) is 0 Å². The quantitative estimate of drug-likeness (QED) is 0.199. The number of hydrogen-bond donors (Lipinski definition) is 1. The number of nitro groups is 1. The number of rotatable bonds is 5. The van der Waals surface area contributed by atoms with E-state index in [-0.39, 0.29) is 28.5 Å². The maximum Gasteiger partial charge on any atom is 0.417 e. The van der Waals surface area contributed by atoms with Gasteiger partial charge >= 0.3 is 6.18 Å². The predicted octanol–water partition coefficient (Wildman–Crippen LogP) is 6.38. The molecule has 0 fully saturated rings. The number of carbonyl (C=O) groups excluding carboxylic acids is 1. The lowest BCUT2D eigenvalue weighted by molar-refractivity contribution is -0.384. The van der Waals surface area contributed by atoms with Crippen molar-refractivity contribution >= 4 is 35.0 Å². The van der Waals surface area contributed by atoms with E-state index in [0.29, 0.717) is 11.6 Å². The van der Waals surface area contributed by atoms with E-state index in [1.54, 1.807) is 19.1 Å². The number of hydrogen-bond acceptors (Lipinski definition) is 5. The summed E-state index contributed by atoms with van der Waals surface area (Å²) in [6.07, 6.45) is -3.66. The molecule has 0 aliphatic heterocycles. The zero-order valence-electron chi connectivity index (χ0n) is 16.7. The van der Waals surface area contributed by atoms with Crippen LogP contribution in [0.4, 0.5) is 24.5 Å². The molecule has 11 heteroatoms. The van der Waals surface area contributed by atoms with Crippen LogP contribution in [0.5, 0.6) is 0 Å². The van der Waals surface area contributed by atoms with Crippen LogP contribution in [0.3, 0.4) is 0 Å². The second-order valence-corrected chi connectivity index (χ2v) is 7.20. The van der Waals surface area contributed by atoms with Crippen molar-refractivity contribution in [3.63, 3.8) is 0 Å². The molecule has 0 aliphatic carbocycles. The predicted molar refractivity (Wildman–Crippen MR) is 114 cm³/mol. The number of nitro benzene ring substituents is 1. The zero-order chi connectivity index (χ0) is 24.3. The molecule has 0 saturated carbocycles. The normalized spacial score (nSPS) is 11.7. The number of amides is 1. The zero-order valence-corrected chi connectivity index (χ0v) is 17.5. The van der Waals surface area contributed by atoms with Gasteiger partial charge in [0.1, 0.15) is 23.2 Å². The van der Waals surface area contributed by atoms with Crippen LogP contribution in [-0.2, 0) is 11.0 Å². The van der Waals surface area contributed by atoms with E-state index in [4.69, 9.17) is 16.0 Å². The van der Waals surface area contributed by atoms with Crippen LogP contribution in [0.25, 0.3) is 17.4 Å². The molecular weight excluding hydrogens is 463 g/mol. The average Bonchev–Trinajstić information content (AvgIpc) is 3.20. The number of aryl methyl sites for hydroxylation is 1. The van der Waals surface area contributed by atoms with Gasteiger partial charge in [-0.05, 0) is 48.9 Å². The molecule has 0 aliphatic rings. The van der Waals surface area contributed by atoms with Crippen molar-refractivity contribution in [2.75, 3.05) is 5.32 Å². The van der Waals surface area contributed by atoms with E-state index in [9.17, 15) is 33.3 Å². The highest BCUT2D eigenvalue weighted by atomic mass is 35.5. The van der Waals surface area contributed by atoms with Crippen molar-refractivity contribution in [2.45, 2.75) is 13.1 Å². The third kappa shape index (κ3) is 5.39. The highest BCUT2D eigenvalue weighted by Crippen LogP contribution is 2.36. The van der Waals surface area contributed by atoms with Crippen LogP contribution >= 0.6 is 11.6 Å². The highest BCUT2D eigenvalue weighted by Gasteiger charge is 2.33. The minimum Gasteiger partial charge on any atom is -0.456 e. The smallest absolute Gasteiger partial charge is 0.417 e. The van der Waals surface area contributed by atoms with Crippen molar-refractivity contribution in [3.05, 3.63) is 86.1 Å². The Morgan fingerprint density at radius 1 is 1.21 bits per heavy atom. The van der Waals surface area contributed by atoms with E-state index in [1.165, 1.54) is 24.3 Å². The number of nitrogens with one attached hydrogen (secondary N) is 1. The third-order valence-corrected chi connectivity index (χ3v) is 4.75. The van der Waals surface area contributed by atoms with Gasteiger partial charge in [-0.1, -0.05) is 17.7 Å². The topological polar surface area (TPSA) is 109 Å². The summed E-state index contributed by atoms with van der Waals surface area (Å²) in [7, 11) is 0. The van der Waals surface area contributed by atoms with Crippen LogP contribution < -0.4 is 5.32 Å². The lowest BCUT2D eigenvalue weighted by Gasteiger charge is -2.11. The summed E-state index contributed by atoms with van der Waals surface area (Å²) in [5.74, 6) is -0.802. The Bertz CT molecular complexity index is 1320. The van der Waals surface area contributed by atoms with Crippen LogP contribution in [0.15, 0.2) is 58.5 Å². The van der Waals surface area contributed by atoms with E-state index in [0.717, 1.165) is 18.2 Å². The molecule has 0 bridgehead atoms. The summed E-state index contributed by atoms with van der Waals surface area (Å²) < 4.78 is 44.6. The van der Waals surface area contributed by atoms with Gasteiger partial charge in [-0.2, -0.15) is 18.4 Å². The molecule has 3 aromatic rings. The molecule has 3 rings (SSSR count). The van der Waals surface area contributed by atoms with Gasteiger partial charge in [0, 0.05) is 17.8 Å². The van der Waals surface area contributed by atoms with Crippen molar-refractivity contribution in [1.29, 1.82) is 5.26 Å². The highest BCUT2D eigenvalue weighted by molar-refractivity contribution is 6.31. The molecule has 1 amide bonds. The molecular formula is C22H13ClF3N3O4. The van der Waals surface area contributed by atoms with Gasteiger partial charge in [-0.3, -0.25) is 14.9 Å². The van der Waals surface area contributed by atoms with Gasteiger partial charge in [-0.25, -0.2) is 0 Å². The summed E-state index contributed by atoms with van der Waals surface area (Å²) in [4.78, 5) is 23.2. The molecule has 0 unspecified atom stereocenters. The monoisotopic (exact) mass is 475 g/mol. The van der Waals surface area contributed by atoms with Crippen LogP contribution in [0.2, 0.25) is 5.02 Å². The van der Waals surface area contributed by atoms with Gasteiger partial charge in [0.05, 0.1) is 21.1 Å². The Hall–Kier alpha value is -4.10. The summed E-state index contributed by atoms with van der Waals surface area (Å²) in [5, 5.41) is 22.3. The van der Waals surface area contributed by atoms with Gasteiger partial charge in [-0.15, -0.1) is 0 Å². The Balaban J connectivity index is 1.87. The van der Waals surface area contributed by atoms with Crippen molar-refractivity contribution < 1.29 is 27.3 Å². The molecule has 0 spiro atoms. The Morgan fingerprint density at radius 3 is 2.58 bits per heavy atom. The minimum absolute atomic E-state index is 0.0404. The number of alkyl halides is 3. The second kappa shape index (κ2) is 9.18. The van der Waals surface area contributed by atoms with Gasteiger partial charge < -0.3 is 9.73 Å². The largest absolute Gasteiger partial charge is 0.456 e. The average molecular weight is 476 g/mol. The number of halogens is 4. The number of nitrogens with zero attached hydrogens (tertiary/aromatic N) is 2. The first-order valence-electron chi connectivity index (χ1n) is 9.14. The van der Waals surface area contributed by atoms with Crippen LogP contribution in [-0.4, -0.2) is 10.8 Å². The fourth-order valence-corrected chi connectivity index (χ4v) is 3.11. The van der Waals surface area contributed by atoms with Crippen molar-refractivity contribution in [3.8, 4) is 17.4 Å². The fraction of sp³-hybridized carbons (Fsp3) is 0.0909. The second-order valence-electron chi connectivity index (χ2n) is 6.80. The summed E-state index contributed by atoms with van der Waals surface area (Å²) in [5.41, 5.74) is -1.11. The van der Waals surface area contributed by atoms with Crippen LogP contribution in [0.1, 0.15) is 16.9 Å². The number of nitriles is 1. The first-order valence-corrected chi connectivity index (χ1v) is 9.52. The molecule has 1 N–H and O–H groups in total. The number of furan rings is 1. The molecule has 168 valence electrons. The lowest BCUT2D eigenvalue weighted by atomic mass is 10.1. The summed E-state index contributed by atoms with van der Waals surface area (Å²) >= 11 is 5.56. The minimum atomic E-state index is -4.73. The SMILES string of the molecule is Cc1ccc(-c2ccc(/C=C(\C#N)C(=O)Nc3ccc(Cl)c(C(F)(F)F)c3)o2)c([N+](=O)[O-])c1. The molecule has 7 nitrogen and oxygen atoms in total. The molecule has 0 saturated heterocycles. The van der Waals surface area contributed by atoms with E-state index in [1.807, 2.05) is 0 Å². The molecule has 1 heterocycles. The van der Waals surface area contributed by atoms with E-state index in [2.05, 4.69) is 5.32 Å². The number of benzene rings is 2. The molecule has 1 aromatic heterocycles.